The van der Waals surface area contributed by atoms with Gasteiger partial charge >= 0.3 is 6.18 Å². The fraction of sp³-hybridized carbons (Fsp3) is 0.562. The van der Waals surface area contributed by atoms with E-state index in [9.17, 15) is 13.2 Å². The molecule has 0 atom stereocenters. The minimum Gasteiger partial charge on any atom is -0.497 e. The van der Waals surface area contributed by atoms with E-state index >= 15 is 0 Å². The van der Waals surface area contributed by atoms with Gasteiger partial charge in [0.25, 0.3) is 0 Å². The first-order chi connectivity index (χ1) is 11.3. The number of nitrogens with one attached hydrogen (secondary N) is 2. The Morgan fingerprint density at radius 3 is 2.60 bits per heavy atom. The fourth-order valence-corrected chi connectivity index (χ4v) is 2.03. The predicted octanol–water partition coefficient (Wildman–Crippen LogP) is 2.86. The van der Waals surface area contributed by atoms with Crippen molar-refractivity contribution in [3.05, 3.63) is 29.8 Å². The van der Waals surface area contributed by atoms with Crippen molar-refractivity contribution in [1.29, 1.82) is 0 Å². The summed E-state index contributed by atoms with van der Waals surface area (Å²) in [6.45, 7) is 2.76. The molecule has 0 aliphatic heterocycles. The highest BCUT2D eigenvalue weighted by Gasteiger charge is 2.28. The quantitative estimate of drug-likeness (QED) is 0.346. The van der Waals surface area contributed by atoms with Crippen LogP contribution in [0.2, 0.25) is 0 Å². The standard InChI is InChI=1S/C16H25F3N4O.HI/c1-4-20-15(21-8-9-23(2)12-16(17,18)19)22-11-13-6-5-7-14(10-13)24-3;/h5-7,10H,4,8-9,11-12H2,1-3H3,(H2,20,21,22);1H. The van der Waals surface area contributed by atoms with Crippen LogP contribution in [0.3, 0.4) is 0 Å². The van der Waals surface area contributed by atoms with Crippen LogP contribution in [0.1, 0.15) is 12.5 Å². The maximum atomic E-state index is 12.3. The number of nitrogens with zero attached hydrogens (tertiary/aromatic N) is 2. The summed E-state index contributed by atoms with van der Waals surface area (Å²) < 4.78 is 42.0. The molecule has 0 bridgehead atoms. The minimum atomic E-state index is -4.18. The minimum absolute atomic E-state index is 0. The van der Waals surface area contributed by atoms with Crippen molar-refractivity contribution < 1.29 is 17.9 Å². The smallest absolute Gasteiger partial charge is 0.401 e. The van der Waals surface area contributed by atoms with Crippen LogP contribution in [-0.2, 0) is 6.54 Å². The van der Waals surface area contributed by atoms with Crippen LogP contribution in [0.25, 0.3) is 0 Å². The number of benzene rings is 1. The van der Waals surface area contributed by atoms with Crippen molar-refractivity contribution in [3.63, 3.8) is 0 Å². The van der Waals surface area contributed by atoms with E-state index in [1.54, 1.807) is 7.11 Å². The normalized spacial score (nSPS) is 11.9. The monoisotopic (exact) mass is 474 g/mol. The molecule has 1 aromatic rings. The molecule has 0 unspecified atom stereocenters. The number of alkyl halides is 3. The van der Waals surface area contributed by atoms with Crippen molar-refractivity contribution in [2.45, 2.75) is 19.6 Å². The lowest BCUT2D eigenvalue weighted by molar-refractivity contribution is -0.142. The molecule has 0 aliphatic rings. The molecular weight excluding hydrogens is 448 g/mol. The van der Waals surface area contributed by atoms with Crippen LogP contribution in [0.5, 0.6) is 5.75 Å². The summed E-state index contributed by atoms with van der Waals surface area (Å²) in [6.07, 6.45) is -4.18. The Balaban J connectivity index is 0.00000576. The molecular formula is C16H26F3IN4O. The second-order valence-corrected chi connectivity index (χ2v) is 5.33. The number of ether oxygens (including phenoxy) is 1. The summed E-state index contributed by atoms with van der Waals surface area (Å²) in [5, 5.41) is 6.11. The van der Waals surface area contributed by atoms with Gasteiger partial charge in [0.1, 0.15) is 5.75 Å². The molecule has 9 heteroatoms. The number of guanidine groups is 1. The SMILES string of the molecule is CCNC(=NCc1cccc(OC)c1)NCCN(C)CC(F)(F)F.I. The lowest BCUT2D eigenvalue weighted by Crippen LogP contribution is -2.42. The van der Waals surface area contributed by atoms with E-state index < -0.39 is 12.7 Å². The zero-order valence-corrected chi connectivity index (χ0v) is 17.0. The molecule has 0 heterocycles. The summed E-state index contributed by atoms with van der Waals surface area (Å²) in [5.41, 5.74) is 0.987. The molecule has 0 saturated carbocycles. The van der Waals surface area contributed by atoms with Crippen LogP contribution in [-0.4, -0.2) is 57.4 Å². The van der Waals surface area contributed by atoms with Gasteiger partial charge in [-0.3, -0.25) is 4.90 Å². The van der Waals surface area contributed by atoms with Crippen molar-refractivity contribution in [2.75, 3.05) is 40.3 Å². The van der Waals surface area contributed by atoms with E-state index in [1.807, 2.05) is 31.2 Å². The topological polar surface area (TPSA) is 48.9 Å². The Morgan fingerprint density at radius 1 is 1.28 bits per heavy atom. The number of hydrogen-bond acceptors (Lipinski definition) is 3. The maximum Gasteiger partial charge on any atom is 0.401 e. The van der Waals surface area contributed by atoms with Gasteiger partial charge < -0.3 is 15.4 Å². The Hall–Kier alpha value is -1.23. The molecule has 2 N–H and O–H groups in total. The van der Waals surface area contributed by atoms with Crippen molar-refractivity contribution in [1.82, 2.24) is 15.5 Å². The zero-order chi connectivity index (χ0) is 18.0. The predicted molar refractivity (Wildman–Crippen MR) is 105 cm³/mol. The molecule has 25 heavy (non-hydrogen) atoms. The molecule has 0 amide bonds. The molecule has 0 aromatic heterocycles. The summed E-state index contributed by atoms with van der Waals surface area (Å²) >= 11 is 0. The first-order valence-electron chi connectivity index (χ1n) is 7.74. The number of aliphatic imine (C=N–C) groups is 1. The second kappa shape index (κ2) is 12.2. The lowest BCUT2D eigenvalue weighted by atomic mass is 10.2. The van der Waals surface area contributed by atoms with Gasteiger partial charge in [0, 0.05) is 19.6 Å². The van der Waals surface area contributed by atoms with Crippen LogP contribution in [0.15, 0.2) is 29.3 Å². The van der Waals surface area contributed by atoms with Crippen LogP contribution in [0, 0.1) is 0 Å². The second-order valence-electron chi connectivity index (χ2n) is 5.33. The van der Waals surface area contributed by atoms with Gasteiger partial charge in [0.2, 0.25) is 0 Å². The molecule has 5 nitrogen and oxygen atoms in total. The third-order valence-electron chi connectivity index (χ3n) is 3.13. The average molecular weight is 474 g/mol. The molecule has 0 spiro atoms. The third kappa shape index (κ3) is 11.1. The molecule has 144 valence electrons. The van der Waals surface area contributed by atoms with Crippen molar-refractivity contribution in [2.24, 2.45) is 4.99 Å². The average Bonchev–Trinajstić information content (AvgIpc) is 2.51. The van der Waals surface area contributed by atoms with Gasteiger partial charge in [0.05, 0.1) is 20.2 Å². The summed E-state index contributed by atoms with van der Waals surface area (Å²) in [4.78, 5) is 5.65. The zero-order valence-electron chi connectivity index (χ0n) is 14.7. The molecule has 1 rings (SSSR count). The molecule has 0 fully saturated rings. The van der Waals surface area contributed by atoms with Crippen molar-refractivity contribution in [3.8, 4) is 5.75 Å². The number of rotatable bonds is 8. The number of methoxy groups -OCH3 is 1. The Bertz CT molecular complexity index is 526. The number of halogens is 4. The van der Waals surface area contributed by atoms with Gasteiger partial charge in [-0.15, -0.1) is 24.0 Å². The van der Waals surface area contributed by atoms with Crippen molar-refractivity contribution >= 4 is 29.9 Å². The van der Waals surface area contributed by atoms with E-state index in [0.29, 0.717) is 25.6 Å². The van der Waals surface area contributed by atoms with Gasteiger partial charge in [-0.2, -0.15) is 13.2 Å². The Labute approximate surface area is 164 Å². The first kappa shape index (κ1) is 23.8. The summed E-state index contributed by atoms with van der Waals surface area (Å²) in [6, 6.07) is 7.57. The maximum absolute atomic E-state index is 12.3. The van der Waals surface area contributed by atoms with E-state index in [1.165, 1.54) is 11.9 Å². The van der Waals surface area contributed by atoms with E-state index in [0.717, 1.165) is 11.3 Å². The van der Waals surface area contributed by atoms with Gasteiger partial charge in [-0.25, -0.2) is 4.99 Å². The number of hydrogen-bond donors (Lipinski definition) is 2. The molecule has 0 saturated heterocycles. The first-order valence-corrected chi connectivity index (χ1v) is 7.74. The summed E-state index contributed by atoms with van der Waals surface area (Å²) in [5.74, 6) is 1.33. The lowest BCUT2D eigenvalue weighted by Gasteiger charge is -2.19. The highest BCUT2D eigenvalue weighted by atomic mass is 127. The van der Waals surface area contributed by atoms with Crippen LogP contribution < -0.4 is 15.4 Å². The van der Waals surface area contributed by atoms with Crippen LogP contribution >= 0.6 is 24.0 Å². The van der Waals surface area contributed by atoms with Gasteiger partial charge in [-0.1, -0.05) is 12.1 Å². The van der Waals surface area contributed by atoms with Gasteiger partial charge in [0.15, 0.2) is 5.96 Å². The Kier molecular flexibility index (Phi) is 11.6. The number of likely N-dealkylation sites (N-methyl/N-ethyl adjacent to an activating group) is 1. The summed E-state index contributed by atoms with van der Waals surface area (Å²) in [7, 11) is 3.04. The van der Waals surface area contributed by atoms with E-state index in [-0.39, 0.29) is 30.5 Å². The molecule has 0 radical (unpaired) electrons. The fourth-order valence-electron chi connectivity index (χ4n) is 2.03. The van der Waals surface area contributed by atoms with Gasteiger partial charge in [-0.05, 0) is 31.7 Å². The molecule has 1 aromatic carbocycles. The molecule has 0 aliphatic carbocycles. The van der Waals surface area contributed by atoms with E-state index in [4.69, 9.17) is 4.74 Å². The highest BCUT2D eigenvalue weighted by molar-refractivity contribution is 14.0. The van der Waals surface area contributed by atoms with E-state index in [2.05, 4.69) is 15.6 Å². The van der Waals surface area contributed by atoms with Crippen LogP contribution in [0.4, 0.5) is 13.2 Å². The third-order valence-corrected chi connectivity index (χ3v) is 3.13. The largest absolute Gasteiger partial charge is 0.497 e. The highest BCUT2D eigenvalue weighted by Crippen LogP contribution is 2.15. The Morgan fingerprint density at radius 2 is 2.00 bits per heavy atom.